The highest BCUT2D eigenvalue weighted by molar-refractivity contribution is 5.72. The van der Waals surface area contributed by atoms with E-state index in [0.717, 1.165) is 52.8 Å². The summed E-state index contributed by atoms with van der Waals surface area (Å²) < 4.78 is 29.3. The van der Waals surface area contributed by atoms with E-state index < -0.39 is 53.3 Å². The van der Waals surface area contributed by atoms with Gasteiger partial charge >= 0.3 is 35.8 Å². The number of hydrogen-bond acceptors (Lipinski definition) is 15. The Morgan fingerprint density at radius 1 is 0.614 bits per heavy atom. The number of non-ortho nitro benzene ring substituents is 1. The van der Waals surface area contributed by atoms with Gasteiger partial charge in [0.2, 0.25) is 0 Å². The smallest absolute Gasteiger partial charge is 0.308 e. The Kier molecular flexibility index (Phi) is 16.4. The fourth-order valence-electron chi connectivity index (χ4n) is 2.99. The first-order chi connectivity index (χ1) is 20.5. The first kappa shape index (κ1) is 38.5. The van der Waals surface area contributed by atoms with Crippen molar-refractivity contribution in [1.82, 2.24) is 0 Å². The number of esters is 6. The predicted molar refractivity (Wildman–Crippen MR) is 150 cm³/mol. The Morgan fingerprint density at radius 2 is 0.955 bits per heavy atom. The van der Waals surface area contributed by atoms with Crippen LogP contribution in [0.1, 0.15) is 79.1 Å². The highest BCUT2D eigenvalue weighted by Crippen LogP contribution is 2.33. The molecule has 2 aromatic carbocycles. The highest BCUT2D eigenvalue weighted by Gasteiger charge is 2.26. The second-order valence-corrected chi connectivity index (χ2v) is 8.07. The minimum Gasteiger partial charge on any atom is -0.426 e. The number of nitrogen functional groups attached to an aromatic ring is 1. The Labute approximate surface area is 252 Å². The van der Waals surface area contributed by atoms with Crippen molar-refractivity contribution in [3.63, 3.8) is 0 Å². The van der Waals surface area contributed by atoms with Crippen molar-refractivity contribution in [3.05, 3.63) is 57.6 Å². The van der Waals surface area contributed by atoms with E-state index in [1.54, 1.807) is 0 Å². The molecule has 0 radical (unpaired) electrons. The number of nitro benzene ring substituents is 1. The minimum absolute atomic E-state index is 0.0965. The second kappa shape index (κ2) is 18.8. The molecule has 2 aromatic rings. The van der Waals surface area contributed by atoms with Crippen LogP contribution in [0.2, 0.25) is 0 Å². The van der Waals surface area contributed by atoms with Gasteiger partial charge in [0.05, 0.1) is 16.1 Å². The number of hydrogen-bond donors (Lipinski definition) is 1. The van der Waals surface area contributed by atoms with Crippen LogP contribution in [0.5, 0.6) is 11.5 Å². The van der Waals surface area contributed by atoms with Crippen molar-refractivity contribution in [2.24, 2.45) is 0 Å². The molecular weight excluding hydrogens is 588 g/mol. The van der Waals surface area contributed by atoms with Crippen molar-refractivity contribution in [2.45, 2.75) is 68.0 Å². The maximum absolute atomic E-state index is 11.1. The van der Waals surface area contributed by atoms with E-state index in [4.69, 9.17) is 34.2 Å². The normalized spacial score (nSPS) is 9.68. The van der Waals surface area contributed by atoms with Gasteiger partial charge in [-0.05, 0) is 24.3 Å². The van der Waals surface area contributed by atoms with E-state index in [-0.39, 0.29) is 28.3 Å². The van der Waals surface area contributed by atoms with Crippen LogP contribution >= 0.6 is 0 Å². The number of carbonyl (C=O) groups is 6. The van der Waals surface area contributed by atoms with E-state index in [9.17, 15) is 38.9 Å². The predicted octanol–water partition coefficient (Wildman–Crippen LogP) is 3.99. The van der Waals surface area contributed by atoms with E-state index in [0.29, 0.717) is 5.69 Å². The van der Waals surface area contributed by atoms with E-state index in [1.807, 2.05) is 13.8 Å². The lowest BCUT2D eigenvalue weighted by Crippen LogP contribution is -2.17. The molecule has 0 aliphatic rings. The molecule has 0 aromatic heterocycles. The number of nitrogens with two attached hydrogens (primary N) is 1. The number of benzene rings is 2. The first-order valence-electron chi connectivity index (χ1n) is 12.7. The Hall–Kier alpha value is -5.54. The summed E-state index contributed by atoms with van der Waals surface area (Å²) in [6.07, 6.45) is -2.90. The third-order valence-electron chi connectivity index (χ3n) is 4.35. The Bertz CT molecular complexity index is 1340. The van der Waals surface area contributed by atoms with Crippen LogP contribution in [0.4, 0.5) is 11.4 Å². The lowest BCUT2D eigenvalue weighted by Gasteiger charge is -2.19. The molecule has 2 N–H and O–H groups in total. The largest absolute Gasteiger partial charge is 0.426 e. The fourth-order valence-corrected chi connectivity index (χ4v) is 2.99. The molecule has 16 nitrogen and oxygen atoms in total. The van der Waals surface area contributed by atoms with Crippen molar-refractivity contribution < 1.29 is 62.1 Å². The summed E-state index contributed by atoms with van der Waals surface area (Å²) in [6, 6.07) is 7.56. The molecule has 0 amide bonds. The molecule has 0 bridgehead atoms. The van der Waals surface area contributed by atoms with Gasteiger partial charge in [-0.25, -0.2) is 0 Å². The molecule has 0 aliphatic heterocycles. The zero-order valence-electron chi connectivity index (χ0n) is 25.4. The number of nitro groups is 1. The molecule has 44 heavy (non-hydrogen) atoms. The van der Waals surface area contributed by atoms with Crippen LogP contribution in [0.3, 0.4) is 0 Å². The average Bonchev–Trinajstić information content (AvgIpc) is 2.89. The number of rotatable bonds is 9. The quantitative estimate of drug-likeness (QED) is 0.104. The number of ether oxygens (including phenoxy) is 6. The molecule has 0 heterocycles. The SMILES string of the molecule is CC.CC(=O)Oc1ccc(N)cc1C(OC(C)=O)OC(C)=O.CC(=O)Oc1ccc([N+](=O)[O-])cc1C(OC(C)=O)OC(C)=O. The summed E-state index contributed by atoms with van der Waals surface area (Å²) in [4.78, 5) is 76.6. The second-order valence-electron chi connectivity index (χ2n) is 8.07. The third kappa shape index (κ3) is 14.4. The van der Waals surface area contributed by atoms with Gasteiger partial charge in [-0.1, -0.05) is 13.8 Å². The van der Waals surface area contributed by atoms with Crippen molar-refractivity contribution in [3.8, 4) is 11.5 Å². The molecule has 0 spiro atoms. The van der Waals surface area contributed by atoms with Gasteiger partial charge < -0.3 is 34.2 Å². The van der Waals surface area contributed by atoms with Crippen molar-refractivity contribution >= 4 is 47.2 Å². The fraction of sp³-hybridized carbons (Fsp3) is 0.357. The molecule has 0 unspecified atom stereocenters. The zero-order valence-corrected chi connectivity index (χ0v) is 25.4. The summed E-state index contributed by atoms with van der Waals surface area (Å²) in [5.41, 5.74) is 5.66. The summed E-state index contributed by atoms with van der Waals surface area (Å²) >= 11 is 0. The maximum Gasteiger partial charge on any atom is 0.308 e. The summed E-state index contributed by atoms with van der Waals surface area (Å²) in [5.74, 6) is -4.18. The van der Waals surface area contributed by atoms with Gasteiger partial charge in [0.15, 0.2) is 0 Å². The van der Waals surface area contributed by atoms with Crippen LogP contribution in [0.15, 0.2) is 36.4 Å². The summed E-state index contributed by atoms with van der Waals surface area (Å²) in [6.45, 7) is 10.8. The topological polar surface area (TPSA) is 227 Å². The highest BCUT2D eigenvalue weighted by atomic mass is 16.7. The van der Waals surface area contributed by atoms with Crippen LogP contribution in [-0.2, 0) is 47.7 Å². The maximum atomic E-state index is 11.1. The van der Waals surface area contributed by atoms with Crippen LogP contribution < -0.4 is 15.2 Å². The number of anilines is 1. The first-order valence-corrected chi connectivity index (χ1v) is 12.7. The molecule has 0 atom stereocenters. The molecule has 240 valence electrons. The van der Waals surface area contributed by atoms with Crippen LogP contribution in [0.25, 0.3) is 0 Å². The lowest BCUT2D eigenvalue weighted by molar-refractivity contribution is -0.385. The standard InChI is InChI=1S/C13H13NO8.C13H15NO6.C2H6/c1-7(15)20-12-5-4-10(14(18)19)6-11(12)13(21-8(2)16)22-9(3)17;1-7(15)18-12-5-4-10(14)6-11(12)13(19-8(2)16)20-9(3)17;1-2/h4-6,13H,1-3H3;4-6,13H,14H2,1-3H3;1-2H3. The van der Waals surface area contributed by atoms with Gasteiger partial charge in [-0.2, -0.15) is 0 Å². The average molecular weight is 623 g/mol. The Balaban J connectivity index is 0.000000799. The zero-order chi connectivity index (χ0) is 34.1. The molecule has 0 saturated carbocycles. The number of carbonyl (C=O) groups excluding carboxylic acids is 6. The molecular formula is C28H34N2O14. The van der Waals surface area contributed by atoms with Crippen molar-refractivity contribution in [1.29, 1.82) is 0 Å². The summed E-state index contributed by atoms with van der Waals surface area (Å²) in [5, 5.41) is 10.8. The number of nitrogens with zero attached hydrogens (tertiary/aromatic N) is 1. The van der Waals surface area contributed by atoms with Crippen LogP contribution in [0, 0.1) is 10.1 Å². The Morgan fingerprint density at radius 3 is 1.27 bits per heavy atom. The minimum atomic E-state index is -1.57. The van der Waals surface area contributed by atoms with Crippen LogP contribution in [-0.4, -0.2) is 40.7 Å². The molecule has 16 heteroatoms. The van der Waals surface area contributed by atoms with Gasteiger partial charge in [0, 0.05) is 59.4 Å². The van der Waals surface area contributed by atoms with Crippen molar-refractivity contribution in [2.75, 3.05) is 5.73 Å². The van der Waals surface area contributed by atoms with E-state index in [1.165, 1.54) is 25.1 Å². The molecule has 0 saturated heterocycles. The molecule has 0 fully saturated rings. The van der Waals surface area contributed by atoms with Gasteiger partial charge in [-0.3, -0.25) is 38.9 Å². The van der Waals surface area contributed by atoms with E-state index >= 15 is 0 Å². The lowest BCUT2D eigenvalue weighted by atomic mass is 10.1. The van der Waals surface area contributed by atoms with Gasteiger partial charge in [-0.15, -0.1) is 0 Å². The third-order valence-corrected chi connectivity index (χ3v) is 4.35. The summed E-state index contributed by atoms with van der Waals surface area (Å²) in [7, 11) is 0. The molecule has 0 aliphatic carbocycles. The van der Waals surface area contributed by atoms with E-state index in [2.05, 4.69) is 0 Å². The van der Waals surface area contributed by atoms with Gasteiger partial charge in [0.1, 0.15) is 11.5 Å². The molecule has 2 rings (SSSR count). The van der Waals surface area contributed by atoms with Gasteiger partial charge in [0.25, 0.3) is 18.3 Å². The monoisotopic (exact) mass is 622 g/mol.